The zero-order valence-corrected chi connectivity index (χ0v) is 17.3. The molecule has 2 heterocycles. The lowest BCUT2D eigenvalue weighted by Crippen LogP contribution is -2.32. The van der Waals surface area contributed by atoms with Crippen LogP contribution in [0.3, 0.4) is 0 Å². The Kier molecular flexibility index (Phi) is 5.10. The van der Waals surface area contributed by atoms with E-state index in [9.17, 15) is 4.79 Å². The highest BCUT2D eigenvalue weighted by Crippen LogP contribution is 2.38. The van der Waals surface area contributed by atoms with Crippen LogP contribution in [-0.4, -0.2) is 32.0 Å². The molecule has 0 aliphatic heterocycles. The first-order chi connectivity index (χ1) is 12.5. The third-order valence-electron chi connectivity index (χ3n) is 5.39. The van der Waals surface area contributed by atoms with Gasteiger partial charge in [0.1, 0.15) is 0 Å². The summed E-state index contributed by atoms with van der Waals surface area (Å²) in [6.07, 6.45) is 7.17. The minimum Gasteiger partial charge on any atom is -0.352 e. The van der Waals surface area contributed by atoms with Crippen LogP contribution >= 0.6 is 23.1 Å². The molecule has 2 aromatic heterocycles. The number of rotatable bonds is 6. The number of hydrogen-bond donors (Lipinski definition) is 1. The average Bonchev–Trinajstić information content (AvgIpc) is 3.23. The number of thioether (sulfide) groups is 1. The molecule has 1 fully saturated rings. The number of fused-ring (bicyclic) bond motifs is 1. The monoisotopic (exact) mass is 390 g/mol. The van der Waals surface area contributed by atoms with Gasteiger partial charge in [-0.1, -0.05) is 25.1 Å². The molecular formula is C19H26N4OS2. The van der Waals surface area contributed by atoms with Crippen molar-refractivity contribution in [3.63, 3.8) is 0 Å². The van der Waals surface area contributed by atoms with Crippen LogP contribution < -0.4 is 5.32 Å². The standard InChI is InChI=1S/C19H26N4OS2/c1-4-12-5-8-15-13(9-12)10-16(26-15)17-21-22-19(23(17)3)25-11(2)18(24)20-14-6-7-14/h10-12,14H,4-9H2,1-3H3,(H,20,24). The number of aryl methyl sites for hydroxylation is 1. The molecular weight excluding hydrogens is 364 g/mol. The highest BCUT2D eigenvalue weighted by Gasteiger charge is 2.27. The van der Waals surface area contributed by atoms with Gasteiger partial charge in [-0.05, 0) is 56.6 Å². The van der Waals surface area contributed by atoms with Crippen LogP contribution in [0.5, 0.6) is 0 Å². The van der Waals surface area contributed by atoms with Crippen molar-refractivity contribution in [1.29, 1.82) is 0 Å². The van der Waals surface area contributed by atoms with E-state index in [1.54, 1.807) is 0 Å². The summed E-state index contributed by atoms with van der Waals surface area (Å²) in [5.74, 6) is 1.83. The van der Waals surface area contributed by atoms with E-state index in [1.165, 1.54) is 52.8 Å². The molecule has 0 radical (unpaired) electrons. The van der Waals surface area contributed by atoms with Crippen molar-refractivity contribution >= 4 is 29.0 Å². The summed E-state index contributed by atoms with van der Waals surface area (Å²) in [6, 6.07) is 2.70. The fraction of sp³-hybridized carbons (Fsp3) is 0.632. The molecule has 1 N–H and O–H groups in total. The van der Waals surface area contributed by atoms with Crippen LogP contribution in [0.1, 0.15) is 50.0 Å². The summed E-state index contributed by atoms with van der Waals surface area (Å²) < 4.78 is 2.03. The molecule has 4 rings (SSSR count). The first-order valence-corrected chi connectivity index (χ1v) is 11.2. The van der Waals surface area contributed by atoms with Gasteiger partial charge < -0.3 is 9.88 Å². The molecule has 0 aromatic carbocycles. The Labute approximate surface area is 163 Å². The maximum atomic E-state index is 12.2. The predicted octanol–water partition coefficient (Wildman–Crippen LogP) is 3.82. The summed E-state index contributed by atoms with van der Waals surface area (Å²) >= 11 is 3.34. The van der Waals surface area contributed by atoms with E-state index >= 15 is 0 Å². The van der Waals surface area contributed by atoms with Gasteiger partial charge >= 0.3 is 0 Å². The Morgan fingerprint density at radius 2 is 2.23 bits per heavy atom. The van der Waals surface area contributed by atoms with Crippen molar-refractivity contribution in [3.8, 4) is 10.7 Å². The van der Waals surface area contributed by atoms with E-state index in [0.29, 0.717) is 6.04 Å². The smallest absolute Gasteiger partial charge is 0.233 e. The molecule has 2 aromatic rings. The van der Waals surface area contributed by atoms with Crippen molar-refractivity contribution < 1.29 is 4.79 Å². The Morgan fingerprint density at radius 3 is 2.96 bits per heavy atom. The number of carbonyl (C=O) groups excluding carboxylic acids is 1. The molecule has 2 aliphatic carbocycles. The Bertz CT molecular complexity index is 809. The Hall–Kier alpha value is -1.34. The molecule has 2 unspecified atom stereocenters. The fourth-order valence-corrected chi connectivity index (χ4v) is 5.50. The van der Waals surface area contributed by atoms with Gasteiger partial charge in [0.05, 0.1) is 10.1 Å². The number of amides is 1. The normalized spacial score (nSPS) is 20.7. The van der Waals surface area contributed by atoms with Crippen LogP contribution in [0.25, 0.3) is 10.7 Å². The van der Waals surface area contributed by atoms with E-state index in [2.05, 4.69) is 28.5 Å². The first-order valence-electron chi connectivity index (χ1n) is 9.53. The van der Waals surface area contributed by atoms with E-state index in [-0.39, 0.29) is 11.2 Å². The lowest BCUT2D eigenvalue weighted by Gasteiger charge is -2.19. The van der Waals surface area contributed by atoms with Crippen LogP contribution in [0.15, 0.2) is 11.2 Å². The third kappa shape index (κ3) is 3.69. The van der Waals surface area contributed by atoms with Gasteiger partial charge in [-0.3, -0.25) is 4.79 Å². The third-order valence-corrected chi connectivity index (χ3v) is 7.76. The zero-order valence-electron chi connectivity index (χ0n) is 15.6. The lowest BCUT2D eigenvalue weighted by atomic mass is 9.87. The minimum absolute atomic E-state index is 0.0965. The summed E-state index contributed by atoms with van der Waals surface area (Å²) in [7, 11) is 2.00. The maximum Gasteiger partial charge on any atom is 0.233 e. The van der Waals surface area contributed by atoms with Gasteiger partial charge in [0.15, 0.2) is 11.0 Å². The van der Waals surface area contributed by atoms with E-state index < -0.39 is 0 Å². The average molecular weight is 391 g/mol. The molecule has 0 saturated heterocycles. The Morgan fingerprint density at radius 1 is 1.42 bits per heavy atom. The molecule has 1 amide bonds. The summed E-state index contributed by atoms with van der Waals surface area (Å²) in [5.41, 5.74) is 1.50. The number of hydrogen-bond acceptors (Lipinski definition) is 5. The molecule has 2 atom stereocenters. The molecule has 2 aliphatic rings. The summed E-state index contributed by atoms with van der Waals surface area (Å²) in [5, 5.41) is 12.5. The second-order valence-electron chi connectivity index (χ2n) is 7.48. The van der Waals surface area contributed by atoms with Gasteiger partial charge in [-0.2, -0.15) is 0 Å². The number of nitrogens with zero attached hydrogens (tertiary/aromatic N) is 3. The molecule has 26 heavy (non-hydrogen) atoms. The molecule has 140 valence electrons. The highest BCUT2D eigenvalue weighted by atomic mass is 32.2. The molecule has 0 bridgehead atoms. The van der Waals surface area contributed by atoms with Crippen LogP contribution in [0.2, 0.25) is 0 Å². The Balaban J connectivity index is 1.49. The van der Waals surface area contributed by atoms with Crippen molar-refractivity contribution in [2.75, 3.05) is 0 Å². The topological polar surface area (TPSA) is 59.8 Å². The highest BCUT2D eigenvalue weighted by molar-refractivity contribution is 8.00. The lowest BCUT2D eigenvalue weighted by molar-refractivity contribution is -0.120. The molecule has 5 nitrogen and oxygen atoms in total. The summed E-state index contributed by atoms with van der Waals surface area (Å²) in [6.45, 7) is 4.22. The predicted molar refractivity (Wildman–Crippen MR) is 107 cm³/mol. The second-order valence-corrected chi connectivity index (χ2v) is 9.93. The summed E-state index contributed by atoms with van der Waals surface area (Å²) in [4.78, 5) is 14.9. The van der Waals surface area contributed by atoms with Crippen LogP contribution in [-0.2, 0) is 24.7 Å². The van der Waals surface area contributed by atoms with E-state index in [4.69, 9.17) is 0 Å². The number of nitrogens with one attached hydrogen (secondary N) is 1. The van der Waals surface area contributed by atoms with Gasteiger partial charge in [-0.15, -0.1) is 21.5 Å². The van der Waals surface area contributed by atoms with Crippen LogP contribution in [0.4, 0.5) is 0 Å². The largest absolute Gasteiger partial charge is 0.352 e. The van der Waals surface area contributed by atoms with Gasteiger partial charge in [0, 0.05) is 18.0 Å². The van der Waals surface area contributed by atoms with Crippen LogP contribution in [0, 0.1) is 5.92 Å². The second kappa shape index (κ2) is 7.35. The molecule has 0 spiro atoms. The SMILES string of the molecule is CCC1CCc2sc(-c3nnc(SC(C)C(=O)NC4CC4)n3C)cc2C1. The minimum atomic E-state index is -0.159. The van der Waals surface area contributed by atoms with Gasteiger partial charge in [-0.25, -0.2) is 0 Å². The number of thiophene rings is 1. The van der Waals surface area contributed by atoms with Crippen molar-refractivity contribution in [3.05, 3.63) is 16.5 Å². The fourth-order valence-electron chi connectivity index (χ4n) is 3.45. The van der Waals surface area contributed by atoms with Gasteiger partial charge in [0.2, 0.25) is 5.91 Å². The first kappa shape index (κ1) is 18.0. The van der Waals surface area contributed by atoms with Crippen molar-refractivity contribution in [1.82, 2.24) is 20.1 Å². The zero-order chi connectivity index (χ0) is 18.3. The quantitative estimate of drug-likeness (QED) is 0.762. The molecule has 7 heteroatoms. The maximum absolute atomic E-state index is 12.2. The number of carbonyl (C=O) groups is 1. The van der Waals surface area contributed by atoms with Gasteiger partial charge in [0.25, 0.3) is 0 Å². The number of aromatic nitrogens is 3. The van der Waals surface area contributed by atoms with E-state index in [1.807, 2.05) is 29.9 Å². The van der Waals surface area contributed by atoms with E-state index in [0.717, 1.165) is 29.7 Å². The molecule has 1 saturated carbocycles. The van der Waals surface area contributed by atoms with Crippen molar-refractivity contribution in [2.45, 2.75) is 68.8 Å². The van der Waals surface area contributed by atoms with Crippen molar-refractivity contribution in [2.24, 2.45) is 13.0 Å².